The van der Waals surface area contributed by atoms with Crippen molar-refractivity contribution >= 4 is 22.9 Å². The monoisotopic (exact) mass is 363 g/mol. The minimum Gasteiger partial charge on any atom is -0.486 e. The molecule has 0 aliphatic carbocycles. The van der Waals surface area contributed by atoms with E-state index in [4.69, 9.17) is 9.47 Å². The second-order valence-electron chi connectivity index (χ2n) is 5.51. The second kappa shape index (κ2) is 8.04. The van der Waals surface area contributed by atoms with Crippen LogP contribution in [-0.4, -0.2) is 35.1 Å². The van der Waals surface area contributed by atoms with Gasteiger partial charge in [0, 0.05) is 30.7 Å². The fraction of sp³-hybridized carbons (Fsp3) is 0.375. The molecule has 1 fully saturated rings. The number of carbonyl (C=O) groups is 1. The van der Waals surface area contributed by atoms with Gasteiger partial charge in [-0.15, -0.1) is 11.3 Å². The van der Waals surface area contributed by atoms with Crippen molar-refractivity contribution in [3.8, 4) is 5.75 Å². The molecule has 1 amide bonds. The fourth-order valence-corrected chi connectivity index (χ4v) is 3.08. The van der Waals surface area contributed by atoms with Crippen LogP contribution >= 0.6 is 11.3 Å². The molecular formula is C16H17N3O5S. The largest absolute Gasteiger partial charge is 0.486 e. The Hall–Kier alpha value is -2.52. The Balaban J connectivity index is 1.49. The molecule has 1 atom stereocenters. The van der Waals surface area contributed by atoms with Crippen LogP contribution in [0.5, 0.6) is 5.75 Å². The summed E-state index contributed by atoms with van der Waals surface area (Å²) in [6.07, 6.45) is 2.08. The molecule has 3 rings (SSSR count). The topological polar surface area (TPSA) is 104 Å². The third-order valence-electron chi connectivity index (χ3n) is 3.71. The number of hydrogen-bond acceptors (Lipinski definition) is 7. The Kier molecular flexibility index (Phi) is 5.56. The highest BCUT2D eigenvalue weighted by Gasteiger charge is 2.18. The van der Waals surface area contributed by atoms with E-state index in [1.54, 1.807) is 5.38 Å². The molecule has 1 N–H and O–H groups in total. The van der Waals surface area contributed by atoms with Gasteiger partial charge in [0.25, 0.3) is 11.6 Å². The maximum atomic E-state index is 12.1. The van der Waals surface area contributed by atoms with Crippen LogP contribution in [0.2, 0.25) is 0 Å². The average molecular weight is 363 g/mol. The van der Waals surface area contributed by atoms with E-state index in [0.29, 0.717) is 23.0 Å². The fourth-order valence-electron chi connectivity index (χ4n) is 2.39. The molecule has 0 radical (unpaired) electrons. The lowest BCUT2D eigenvalue weighted by atomic mass is 10.2. The summed E-state index contributed by atoms with van der Waals surface area (Å²) in [7, 11) is 0. The van der Waals surface area contributed by atoms with Crippen molar-refractivity contribution in [2.45, 2.75) is 25.6 Å². The molecule has 1 unspecified atom stereocenters. The molecule has 1 saturated heterocycles. The summed E-state index contributed by atoms with van der Waals surface area (Å²) < 4.78 is 11.0. The van der Waals surface area contributed by atoms with Gasteiger partial charge in [-0.2, -0.15) is 0 Å². The van der Waals surface area contributed by atoms with Crippen molar-refractivity contribution < 1.29 is 19.2 Å². The first kappa shape index (κ1) is 17.3. The van der Waals surface area contributed by atoms with Crippen molar-refractivity contribution in [2.24, 2.45) is 0 Å². The highest BCUT2D eigenvalue weighted by Crippen LogP contribution is 2.19. The number of thiazole rings is 1. The van der Waals surface area contributed by atoms with Gasteiger partial charge >= 0.3 is 0 Å². The van der Waals surface area contributed by atoms with Crippen molar-refractivity contribution in [3.63, 3.8) is 0 Å². The summed E-state index contributed by atoms with van der Waals surface area (Å²) in [5.74, 6) is 0.276. The molecule has 1 aliphatic heterocycles. The predicted octanol–water partition coefficient (Wildman–Crippen LogP) is 2.54. The summed E-state index contributed by atoms with van der Waals surface area (Å²) in [6, 6.07) is 5.81. The number of aromatic nitrogens is 1. The summed E-state index contributed by atoms with van der Waals surface area (Å²) >= 11 is 1.33. The second-order valence-corrected chi connectivity index (χ2v) is 6.45. The lowest BCUT2D eigenvalue weighted by molar-refractivity contribution is -0.384. The van der Waals surface area contributed by atoms with Crippen LogP contribution in [0.25, 0.3) is 0 Å². The number of rotatable bonds is 7. The summed E-state index contributed by atoms with van der Waals surface area (Å²) in [5, 5.41) is 15.8. The molecule has 0 spiro atoms. The SMILES string of the molecule is O=C(NCC1CCCO1)c1csc(COc2ccc([N+](=O)[O-])cc2)n1. The van der Waals surface area contributed by atoms with Crippen molar-refractivity contribution in [2.75, 3.05) is 13.2 Å². The zero-order valence-corrected chi connectivity index (χ0v) is 14.2. The van der Waals surface area contributed by atoms with Crippen LogP contribution in [-0.2, 0) is 11.3 Å². The van der Waals surface area contributed by atoms with Crippen molar-refractivity contribution in [1.82, 2.24) is 10.3 Å². The van der Waals surface area contributed by atoms with E-state index in [1.165, 1.54) is 35.6 Å². The van der Waals surface area contributed by atoms with Crippen LogP contribution in [0.15, 0.2) is 29.6 Å². The summed E-state index contributed by atoms with van der Waals surface area (Å²) in [6.45, 7) is 1.44. The van der Waals surface area contributed by atoms with Gasteiger partial charge in [-0.1, -0.05) is 0 Å². The number of nitro groups is 1. The standard InChI is InChI=1S/C16H17N3O5S/c20-16(17-8-13-2-1-7-23-13)14-10-25-15(18-14)9-24-12-5-3-11(4-6-12)19(21)22/h3-6,10,13H,1-2,7-9H2,(H,17,20). The number of carbonyl (C=O) groups excluding carboxylic acids is 1. The third-order valence-corrected chi connectivity index (χ3v) is 4.53. The normalized spacial score (nSPS) is 16.6. The summed E-state index contributed by atoms with van der Waals surface area (Å²) in [5.41, 5.74) is 0.358. The zero-order valence-electron chi connectivity index (χ0n) is 13.3. The Morgan fingerprint density at radius 1 is 1.44 bits per heavy atom. The van der Waals surface area contributed by atoms with Crippen LogP contribution in [0.4, 0.5) is 5.69 Å². The Morgan fingerprint density at radius 2 is 2.24 bits per heavy atom. The van der Waals surface area contributed by atoms with Gasteiger partial charge in [0.15, 0.2) is 0 Å². The number of nitrogens with one attached hydrogen (secondary N) is 1. The van der Waals surface area contributed by atoms with Crippen LogP contribution in [0, 0.1) is 10.1 Å². The maximum Gasteiger partial charge on any atom is 0.270 e. The van der Waals surface area contributed by atoms with E-state index in [9.17, 15) is 14.9 Å². The first-order valence-electron chi connectivity index (χ1n) is 7.83. The van der Waals surface area contributed by atoms with E-state index >= 15 is 0 Å². The molecule has 9 heteroatoms. The van der Waals surface area contributed by atoms with Crippen LogP contribution < -0.4 is 10.1 Å². The molecule has 8 nitrogen and oxygen atoms in total. The lowest BCUT2D eigenvalue weighted by Gasteiger charge is -2.09. The highest BCUT2D eigenvalue weighted by molar-refractivity contribution is 7.09. The third kappa shape index (κ3) is 4.74. The van der Waals surface area contributed by atoms with E-state index < -0.39 is 4.92 Å². The molecular weight excluding hydrogens is 346 g/mol. The molecule has 1 aliphatic rings. The number of hydrogen-bond donors (Lipinski definition) is 1. The van der Waals surface area contributed by atoms with Crippen LogP contribution in [0.1, 0.15) is 28.3 Å². The van der Waals surface area contributed by atoms with Gasteiger partial charge in [-0.3, -0.25) is 14.9 Å². The number of nitrogens with zero attached hydrogens (tertiary/aromatic N) is 2. The zero-order chi connectivity index (χ0) is 17.6. The number of benzene rings is 1. The lowest BCUT2D eigenvalue weighted by Crippen LogP contribution is -2.31. The van der Waals surface area contributed by atoms with Crippen molar-refractivity contribution in [1.29, 1.82) is 0 Å². The molecule has 132 valence electrons. The van der Waals surface area contributed by atoms with Crippen molar-refractivity contribution in [3.05, 3.63) is 50.5 Å². The van der Waals surface area contributed by atoms with Gasteiger partial charge in [-0.25, -0.2) is 4.98 Å². The Bertz CT molecular complexity index is 740. The minimum absolute atomic E-state index is 0.00629. The average Bonchev–Trinajstić information content (AvgIpc) is 3.30. The van der Waals surface area contributed by atoms with Gasteiger partial charge in [0.1, 0.15) is 23.1 Å². The molecule has 0 saturated carbocycles. The molecule has 1 aromatic carbocycles. The number of amides is 1. The van der Waals surface area contributed by atoms with E-state index in [1.807, 2.05) is 0 Å². The maximum absolute atomic E-state index is 12.1. The van der Waals surface area contributed by atoms with E-state index in [-0.39, 0.29) is 24.3 Å². The van der Waals surface area contributed by atoms with Gasteiger partial charge in [0.05, 0.1) is 11.0 Å². The summed E-state index contributed by atoms with van der Waals surface area (Å²) in [4.78, 5) is 26.5. The highest BCUT2D eigenvalue weighted by atomic mass is 32.1. The molecule has 25 heavy (non-hydrogen) atoms. The van der Waals surface area contributed by atoms with Gasteiger partial charge in [0.2, 0.25) is 0 Å². The molecule has 2 heterocycles. The van der Waals surface area contributed by atoms with Crippen LogP contribution in [0.3, 0.4) is 0 Å². The minimum atomic E-state index is -0.466. The first-order valence-corrected chi connectivity index (χ1v) is 8.71. The number of non-ortho nitro benzene ring substituents is 1. The predicted molar refractivity (Wildman–Crippen MR) is 90.8 cm³/mol. The first-order chi connectivity index (χ1) is 12.1. The number of nitro benzene ring substituents is 1. The molecule has 1 aromatic heterocycles. The van der Waals surface area contributed by atoms with E-state index in [0.717, 1.165) is 19.4 Å². The molecule has 0 bridgehead atoms. The molecule has 2 aromatic rings. The Morgan fingerprint density at radius 3 is 2.92 bits per heavy atom. The Labute approximate surface area is 147 Å². The number of ether oxygens (including phenoxy) is 2. The van der Waals surface area contributed by atoms with E-state index in [2.05, 4.69) is 10.3 Å². The quantitative estimate of drug-likeness (QED) is 0.599. The smallest absolute Gasteiger partial charge is 0.270 e. The van der Waals surface area contributed by atoms with Gasteiger partial charge in [-0.05, 0) is 25.0 Å². The van der Waals surface area contributed by atoms with Gasteiger partial charge < -0.3 is 14.8 Å².